The Morgan fingerprint density at radius 1 is 1.18 bits per heavy atom. The third-order valence-electron chi connectivity index (χ3n) is 7.49. The van der Waals surface area contributed by atoms with Crippen molar-refractivity contribution in [3.63, 3.8) is 0 Å². The van der Waals surface area contributed by atoms with Crippen LogP contribution >= 0.6 is 0 Å². The summed E-state index contributed by atoms with van der Waals surface area (Å²) >= 11 is 0. The Morgan fingerprint density at radius 2 is 1.85 bits per heavy atom. The maximum Gasteiger partial charge on any atom is 0.162 e. The second-order valence-electron chi connectivity index (χ2n) is 10.8. The van der Waals surface area contributed by atoms with Crippen LogP contribution in [0.3, 0.4) is 0 Å². The van der Waals surface area contributed by atoms with Gasteiger partial charge in [0.05, 0.1) is 23.0 Å². The van der Waals surface area contributed by atoms with Crippen molar-refractivity contribution in [3.05, 3.63) is 84.4 Å². The number of likely N-dealkylation sites (N-methyl/N-ethyl adjacent to an activating group) is 1. The van der Waals surface area contributed by atoms with Crippen LogP contribution in [0.25, 0.3) is 0 Å². The van der Waals surface area contributed by atoms with Gasteiger partial charge in [-0.25, -0.2) is 14.4 Å². The molecule has 0 atom stereocenters. The largest absolute Gasteiger partial charge is 0.376 e. The van der Waals surface area contributed by atoms with Gasteiger partial charge in [0.2, 0.25) is 0 Å². The van der Waals surface area contributed by atoms with E-state index in [0.717, 1.165) is 56.0 Å². The molecular formula is C31H43FN8. The summed E-state index contributed by atoms with van der Waals surface area (Å²) in [6, 6.07) is 8.98. The van der Waals surface area contributed by atoms with Gasteiger partial charge in [0.1, 0.15) is 12.5 Å². The summed E-state index contributed by atoms with van der Waals surface area (Å²) in [5.74, 6) is 0.145. The zero-order chi connectivity index (χ0) is 28.8. The van der Waals surface area contributed by atoms with Crippen molar-refractivity contribution in [3.8, 4) is 0 Å². The number of nitrogens with one attached hydrogen (secondary N) is 1. The lowest BCUT2D eigenvalue weighted by molar-refractivity contribution is 0.0977. The molecule has 0 aromatic heterocycles. The van der Waals surface area contributed by atoms with Gasteiger partial charge in [0, 0.05) is 69.1 Å². The van der Waals surface area contributed by atoms with E-state index in [4.69, 9.17) is 0 Å². The first-order valence-corrected chi connectivity index (χ1v) is 13.9. The van der Waals surface area contributed by atoms with Crippen molar-refractivity contribution >= 4 is 24.3 Å². The van der Waals surface area contributed by atoms with Crippen LogP contribution in [0.5, 0.6) is 0 Å². The summed E-state index contributed by atoms with van der Waals surface area (Å²) in [4.78, 5) is 15.8. The number of allylic oxidation sites excluding steroid dienone is 4. The summed E-state index contributed by atoms with van der Waals surface area (Å²) in [7, 11) is 4.13. The third-order valence-corrected chi connectivity index (χ3v) is 7.49. The van der Waals surface area contributed by atoms with Crippen LogP contribution in [0.15, 0.2) is 94.4 Å². The molecule has 2 aliphatic heterocycles. The molecule has 0 amide bonds. The predicted molar refractivity (Wildman–Crippen MR) is 166 cm³/mol. The van der Waals surface area contributed by atoms with Crippen LogP contribution in [-0.4, -0.2) is 91.8 Å². The molecule has 214 valence electrons. The van der Waals surface area contributed by atoms with E-state index in [1.54, 1.807) is 6.21 Å². The summed E-state index contributed by atoms with van der Waals surface area (Å²) in [5, 5.41) is 7.36. The van der Waals surface area contributed by atoms with Gasteiger partial charge >= 0.3 is 0 Å². The Labute approximate surface area is 238 Å². The monoisotopic (exact) mass is 546 g/mol. The first-order valence-electron chi connectivity index (χ1n) is 13.9. The molecule has 4 rings (SSSR count). The normalized spacial score (nSPS) is 19.4. The number of anilines is 2. The molecule has 9 heteroatoms. The molecule has 0 bridgehead atoms. The standard InChI is InChI=1S/C31H43FN8/c1-8-25(32)19-29(21-37(7)23(2)3)40-31(33-5)30(24(4)39(40)28-13-14-28)20-34-22-35-26-9-11-27(12-10-26)38-17-15-36(6)16-18-38/h8-12,19-21,23,28,35H,1,4-5,13-18,22H2,2-3,6-7H3/b25-19+,29-21+,34-20?. The maximum atomic E-state index is 14.5. The quantitative estimate of drug-likeness (QED) is 0.287. The fourth-order valence-electron chi connectivity index (χ4n) is 4.66. The van der Waals surface area contributed by atoms with Crippen molar-refractivity contribution in [2.45, 2.75) is 38.8 Å². The average molecular weight is 547 g/mol. The van der Waals surface area contributed by atoms with Crippen molar-refractivity contribution in [1.82, 2.24) is 19.8 Å². The number of hydrogen-bond donors (Lipinski definition) is 1. The first-order chi connectivity index (χ1) is 19.2. The number of hydrazine groups is 1. The highest BCUT2D eigenvalue weighted by atomic mass is 19.1. The van der Waals surface area contributed by atoms with E-state index in [1.807, 2.05) is 23.2 Å². The Balaban J connectivity index is 1.51. The van der Waals surface area contributed by atoms with E-state index < -0.39 is 5.83 Å². The maximum absolute atomic E-state index is 14.5. The number of piperazine rings is 1. The Kier molecular flexibility index (Phi) is 9.47. The third kappa shape index (κ3) is 6.83. The number of halogens is 1. The fourth-order valence-corrected chi connectivity index (χ4v) is 4.66. The smallest absolute Gasteiger partial charge is 0.162 e. The molecule has 0 spiro atoms. The zero-order valence-electron chi connectivity index (χ0n) is 24.4. The van der Waals surface area contributed by atoms with Gasteiger partial charge in [-0.05, 0) is 70.8 Å². The lowest BCUT2D eigenvalue weighted by atomic mass is 10.2. The van der Waals surface area contributed by atoms with Crippen molar-refractivity contribution in [1.29, 1.82) is 0 Å². The highest BCUT2D eigenvalue weighted by Crippen LogP contribution is 2.43. The summed E-state index contributed by atoms with van der Waals surface area (Å²) < 4.78 is 14.5. The molecule has 2 fully saturated rings. The van der Waals surface area contributed by atoms with E-state index in [9.17, 15) is 4.39 Å². The predicted octanol–water partition coefficient (Wildman–Crippen LogP) is 5.22. The van der Waals surface area contributed by atoms with Crippen LogP contribution < -0.4 is 10.2 Å². The molecule has 0 radical (unpaired) electrons. The topological polar surface area (TPSA) is 53.0 Å². The van der Waals surface area contributed by atoms with E-state index in [0.29, 0.717) is 18.2 Å². The average Bonchev–Trinajstić information content (AvgIpc) is 3.75. The van der Waals surface area contributed by atoms with Gasteiger partial charge in [-0.3, -0.25) is 10.0 Å². The number of benzene rings is 1. The minimum atomic E-state index is -0.432. The lowest BCUT2D eigenvalue weighted by Crippen LogP contribution is -2.44. The second-order valence-corrected chi connectivity index (χ2v) is 10.8. The summed E-state index contributed by atoms with van der Waals surface area (Å²) in [5.41, 5.74) is 4.40. The van der Waals surface area contributed by atoms with Crippen molar-refractivity contribution in [2.75, 3.05) is 57.2 Å². The number of nitrogens with zero attached hydrogens (tertiary/aromatic N) is 7. The van der Waals surface area contributed by atoms with Crippen LogP contribution in [0.1, 0.15) is 26.7 Å². The highest BCUT2D eigenvalue weighted by molar-refractivity contribution is 5.86. The molecule has 1 aliphatic carbocycles. The molecule has 1 saturated carbocycles. The molecule has 1 N–H and O–H groups in total. The van der Waals surface area contributed by atoms with Gasteiger partial charge < -0.3 is 20.0 Å². The van der Waals surface area contributed by atoms with Gasteiger partial charge in [-0.1, -0.05) is 13.2 Å². The minimum Gasteiger partial charge on any atom is -0.376 e. The lowest BCUT2D eigenvalue weighted by Gasteiger charge is -2.34. The number of aliphatic imine (C=N–C) groups is 2. The molecular weight excluding hydrogens is 503 g/mol. The van der Waals surface area contributed by atoms with E-state index in [-0.39, 0.29) is 12.1 Å². The minimum absolute atomic E-state index is 0.224. The zero-order valence-corrected chi connectivity index (χ0v) is 24.4. The molecule has 8 nitrogen and oxygen atoms in total. The van der Waals surface area contributed by atoms with Gasteiger partial charge in [-0.15, -0.1) is 0 Å². The SMILES string of the molecule is C=C/C(F)=C\C(=C/N(C)C(C)C)N1C(N=C)=C(C=NCNc2ccc(N3CCN(C)CC3)cc2)C(=C)N1C1CC1. The summed E-state index contributed by atoms with van der Waals surface area (Å²) in [6.07, 6.45) is 8.41. The highest BCUT2D eigenvalue weighted by Gasteiger charge is 2.42. The van der Waals surface area contributed by atoms with Crippen molar-refractivity contribution < 1.29 is 4.39 Å². The molecule has 3 aliphatic rings. The van der Waals surface area contributed by atoms with Gasteiger partial charge in [0.15, 0.2) is 5.82 Å². The van der Waals surface area contributed by atoms with Gasteiger partial charge in [0.25, 0.3) is 0 Å². The Morgan fingerprint density at radius 3 is 2.42 bits per heavy atom. The van der Waals surface area contributed by atoms with Crippen LogP contribution in [0.4, 0.5) is 15.8 Å². The second kappa shape index (κ2) is 13.0. The van der Waals surface area contributed by atoms with Crippen LogP contribution in [0.2, 0.25) is 0 Å². The van der Waals surface area contributed by atoms with Crippen LogP contribution in [-0.2, 0) is 0 Å². The molecule has 40 heavy (non-hydrogen) atoms. The first kappa shape index (κ1) is 29.1. The Hall–Kier alpha value is -3.85. The fraction of sp³-hybridized carbons (Fsp3) is 0.419. The molecule has 2 heterocycles. The van der Waals surface area contributed by atoms with E-state index >= 15 is 0 Å². The van der Waals surface area contributed by atoms with Gasteiger partial charge in [-0.2, -0.15) is 0 Å². The molecule has 1 aromatic carbocycles. The Bertz CT molecular complexity index is 1200. The molecule has 1 aromatic rings. The van der Waals surface area contributed by atoms with Crippen molar-refractivity contribution in [2.24, 2.45) is 9.98 Å². The summed E-state index contributed by atoms with van der Waals surface area (Å²) in [6.45, 7) is 20.6. The van der Waals surface area contributed by atoms with E-state index in [1.165, 1.54) is 17.8 Å². The van der Waals surface area contributed by atoms with E-state index in [2.05, 4.69) is 95.1 Å². The number of hydrogen-bond acceptors (Lipinski definition) is 8. The van der Waals surface area contributed by atoms with Crippen LogP contribution in [0, 0.1) is 0 Å². The molecule has 1 saturated heterocycles. The number of rotatable bonds is 12. The molecule has 0 unspecified atom stereocenters.